The average Bonchev–Trinajstić information content (AvgIpc) is 2.45. The van der Waals surface area contributed by atoms with E-state index in [-0.39, 0.29) is 24.7 Å². The summed E-state index contributed by atoms with van der Waals surface area (Å²) in [6, 6.07) is 7.38. The molecule has 0 saturated heterocycles. The summed E-state index contributed by atoms with van der Waals surface area (Å²) in [6.45, 7) is 2.60. The van der Waals surface area contributed by atoms with E-state index in [2.05, 4.69) is 21.2 Å². The molecule has 1 atom stereocenters. The van der Waals surface area contributed by atoms with Crippen LogP contribution in [0.1, 0.15) is 26.2 Å². The van der Waals surface area contributed by atoms with E-state index in [1.807, 2.05) is 31.2 Å². The van der Waals surface area contributed by atoms with Crippen LogP contribution >= 0.6 is 15.9 Å². The van der Waals surface area contributed by atoms with Gasteiger partial charge in [-0.2, -0.15) is 0 Å². The van der Waals surface area contributed by atoms with Crippen LogP contribution in [0.4, 0.5) is 0 Å². The SMILES string of the molecule is CCC(CNC(=O)CCOc1ccc(Br)cc1)CC(=O)O. The molecule has 1 unspecified atom stereocenters. The molecule has 0 aliphatic rings. The highest BCUT2D eigenvalue weighted by molar-refractivity contribution is 9.10. The zero-order chi connectivity index (χ0) is 15.7. The molecule has 0 aliphatic heterocycles. The van der Waals surface area contributed by atoms with E-state index < -0.39 is 5.97 Å². The van der Waals surface area contributed by atoms with Crippen LogP contribution < -0.4 is 10.1 Å². The van der Waals surface area contributed by atoms with Crippen LogP contribution in [0.25, 0.3) is 0 Å². The van der Waals surface area contributed by atoms with E-state index in [1.165, 1.54) is 0 Å². The van der Waals surface area contributed by atoms with E-state index in [0.717, 1.165) is 10.9 Å². The summed E-state index contributed by atoms with van der Waals surface area (Å²) in [5, 5.41) is 11.5. The number of carbonyl (C=O) groups is 2. The molecule has 1 rings (SSSR count). The van der Waals surface area contributed by atoms with Crippen molar-refractivity contribution in [2.24, 2.45) is 5.92 Å². The summed E-state index contributed by atoms with van der Waals surface area (Å²) in [4.78, 5) is 22.3. The number of hydrogen-bond acceptors (Lipinski definition) is 3. The Morgan fingerprint density at radius 2 is 2.00 bits per heavy atom. The van der Waals surface area contributed by atoms with Crippen LogP contribution in [0.3, 0.4) is 0 Å². The molecule has 0 aliphatic carbocycles. The second-order valence-electron chi connectivity index (χ2n) is 4.73. The van der Waals surface area contributed by atoms with Gasteiger partial charge in [0.2, 0.25) is 5.91 Å². The summed E-state index contributed by atoms with van der Waals surface area (Å²) in [7, 11) is 0. The van der Waals surface area contributed by atoms with Gasteiger partial charge < -0.3 is 15.2 Å². The van der Waals surface area contributed by atoms with Gasteiger partial charge in [-0.1, -0.05) is 29.3 Å². The van der Waals surface area contributed by atoms with Gasteiger partial charge in [-0.15, -0.1) is 0 Å². The molecule has 0 radical (unpaired) electrons. The molecule has 116 valence electrons. The Morgan fingerprint density at radius 1 is 1.33 bits per heavy atom. The average molecular weight is 358 g/mol. The molecule has 1 amide bonds. The van der Waals surface area contributed by atoms with E-state index in [9.17, 15) is 9.59 Å². The minimum absolute atomic E-state index is 0.0289. The van der Waals surface area contributed by atoms with Crippen LogP contribution in [-0.4, -0.2) is 30.1 Å². The number of carboxylic acids is 1. The first-order chi connectivity index (χ1) is 10.0. The molecule has 0 fully saturated rings. The fourth-order valence-corrected chi connectivity index (χ4v) is 2.01. The van der Waals surface area contributed by atoms with Gasteiger partial charge in [0.05, 0.1) is 13.0 Å². The molecule has 1 aromatic rings. The fraction of sp³-hybridized carbons (Fsp3) is 0.467. The number of aliphatic carboxylic acids is 1. The van der Waals surface area contributed by atoms with Crippen molar-refractivity contribution in [2.45, 2.75) is 26.2 Å². The maximum absolute atomic E-state index is 11.6. The van der Waals surface area contributed by atoms with Gasteiger partial charge in [-0.3, -0.25) is 9.59 Å². The topological polar surface area (TPSA) is 75.6 Å². The lowest BCUT2D eigenvalue weighted by molar-refractivity contribution is -0.138. The standard InChI is InChI=1S/C15H20BrNO4/c1-2-11(9-15(19)20)10-17-14(18)7-8-21-13-5-3-12(16)4-6-13/h3-6,11H,2,7-10H2,1H3,(H,17,18)(H,19,20). The van der Waals surface area contributed by atoms with Gasteiger partial charge in [0.25, 0.3) is 0 Å². The van der Waals surface area contributed by atoms with E-state index in [1.54, 1.807) is 0 Å². The quantitative estimate of drug-likeness (QED) is 0.712. The summed E-state index contributed by atoms with van der Waals surface area (Å²) in [5.41, 5.74) is 0. The van der Waals surface area contributed by atoms with Crippen LogP contribution in [0.2, 0.25) is 0 Å². The third kappa shape index (κ3) is 7.70. The smallest absolute Gasteiger partial charge is 0.303 e. The number of carbonyl (C=O) groups excluding carboxylic acids is 1. The predicted octanol–water partition coefficient (Wildman–Crippen LogP) is 2.84. The zero-order valence-corrected chi connectivity index (χ0v) is 13.6. The van der Waals surface area contributed by atoms with Crippen molar-refractivity contribution in [3.8, 4) is 5.75 Å². The summed E-state index contributed by atoms with van der Waals surface area (Å²) in [5.74, 6) is -0.284. The van der Waals surface area contributed by atoms with Crippen molar-refractivity contribution in [1.29, 1.82) is 0 Å². The van der Waals surface area contributed by atoms with Crippen LogP contribution in [0.5, 0.6) is 5.75 Å². The first-order valence-corrected chi connectivity index (χ1v) is 7.67. The Bertz CT molecular complexity index is 461. The highest BCUT2D eigenvalue weighted by atomic mass is 79.9. The molecule has 0 saturated carbocycles. The molecule has 0 spiro atoms. The monoisotopic (exact) mass is 357 g/mol. The number of benzene rings is 1. The maximum atomic E-state index is 11.6. The first kappa shape index (κ1) is 17.5. The van der Waals surface area contributed by atoms with E-state index >= 15 is 0 Å². The molecule has 6 heteroatoms. The second kappa shape index (κ2) is 9.39. The van der Waals surface area contributed by atoms with E-state index in [0.29, 0.717) is 18.9 Å². The Labute approximate surface area is 132 Å². The summed E-state index contributed by atoms with van der Waals surface area (Å²) in [6.07, 6.45) is 1.05. The summed E-state index contributed by atoms with van der Waals surface area (Å²) < 4.78 is 6.42. The van der Waals surface area contributed by atoms with Gasteiger partial charge >= 0.3 is 5.97 Å². The summed E-state index contributed by atoms with van der Waals surface area (Å²) >= 11 is 3.33. The van der Waals surface area contributed by atoms with Crippen LogP contribution in [-0.2, 0) is 9.59 Å². The minimum Gasteiger partial charge on any atom is -0.493 e. The van der Waals surface area contributed by atoms with Gasteiger partial charge in [0.15, 0.2) is 0 Å². The van der Waals surface area contributed by atoms with Crippen LogP contribution in [0, 0.1) is 5.92 Å². The van der Waals surface area contributed by atoms with Gasteiger partial charge in [-0.25, -0.2) is 0 Å². The largest absolute Gasteiger partial charge is 0.493 e. The lowest BCUT2D eigenvalue weighted by atomic mass is 10.0. The third-order valence-electron chi connectivity index (χ3n) is 3.04. The van der Waals surface area contributed by atoms with Crippen molar-refractivity contribution in [1.82, 2.24) is 5.32 Å². The minimum atomic E-state index is -0.838. The highest BCUT2D eigenvalue weighted by Crippen LogP contribution is 2.16. The van der Waals surface area contributed by atoms with Gasteiger partial charge in [0, 0.05) is 17.4 Å². The molecule has 2 N–H and O–H groups in total. The zero-order valence-electron chi connectivity index (χ0n) is 12.0. The number of ether oxygens (including phenoxy) is 1. The van der Waals surface area contributed by atoms with Crippen molar-refractivity contribution in [3.05, 3.63) is 28.7 Å². The predicted molar refractivity (Wildman–Crippen MR) is 83.3 cm³/mol. The molecular formula is C15H20BrNO4. The van der Waals surface area contributed by atoms with Crippen molar-refractivity contribution in [2.75, 3.05) is 13.2 Å². The van der Waals surface area contributed by atoms with Gasteiger partial charge in [-0.05, 0) is 30.2 Å². The molecule has 5 nitrogen and oxygen atoms in total. The first-order valence-electron chi connectivity index (χ1n) is 6.88. The Balaban J connectivity index is 2.21. The molecule has 0 bridgehead atoms. The number of amides is 1. The molecule has 0 heterocycles. The Morgan fingerprint density at radius 3 is 2.57 bits per heavy atom. The van der Waals surface area contributed by atoms with Gasteiger partial charge in [0.1, 0.15) is 5.75 Å². The van der Waals surface area contributed by atoms with Crippen molar-refractivity contribution in [3.63, 3.8) is 0 Å². The number of hydrogen-bond donors (Lipinski definition) is 2. The lowest BCUT2D eigenvalue weighted by Crippen LogP contribution is -2.31. The van der Waals surface area contributed by atoms with E-state index in [4.69, 9.17) is 9.84 Å². The Hall–Kier alpha value is -1.56. The number of nitrogens with one attached hydrogen (secondary N) is 1. The molecule has 1 aromatic carbocycles. The Kier molecular flexibility index (Phi) is 7.82. The van der Waals surface area contributed by atoms with Crippen LogP contribution in [0.15, 0.2) is 28.7 Å². The van der Waals surface area contributed by atoms with Crippen molar-refractivity contribution >= 4 is 27.8 Å². The normalized spacial score (nSPS) is 11.7. The maximum Gasteiger partial charge on any atom is 0.303 e. The fourth-order valence-electron chi connectivity index (χ4n) is 1.75. The van der Waals surface area contributed by atoms with Crippen molar-refractivity contribution < 1.29 is 19.4 Å². The third-order valence-corrected chi connectivity index (χ3v) is 3.57. The number of rotatable bonds is 9. The molecule has 0 aromatic heterocycles. The molecule has 21 heavy (non-hydrogen) atoms. The number of carboxylic acid groups (broad SMARTS) is 1. The lowest BCUT2D eigenvalue weighted by Gasteiger charge is -2.13. The molecular weight excluding hydrogens is 338 g/mol. The highest BCUT2D eigenvalue weighted by Gasteiger charge is 2.12. The number of halogens is 1. The second-order valence-corrected chi connectivity index (χ2v) is 5.64.